The number of hydrogen-bond donors (Lipinski definition) is 2. The molecule has 0 radical (unpaired) electrons. The zero-order valence-corrected chi connectivity index (χ0v) is 46.6. The van der Waals surface area contributed by atoms with Crippen molar-refractivity contribution in [2.45, 2.75) is 232 Å². The van der Waals surface area contributed by atoms with Crippen LogP contribution in [0.25, 0.3) is 0 Å². The summed E-state index contributed by atoms with van der Waals surface area (Å²) in [6.45, 7) is 12.3. The zero-order valence-electron chi connectivity index (χ0n) is 46.6. The van der Waals surface area contributed by atoms with Crippen LogP contribution in [0, 0.1) is 5.92 Å². The number of carbonyl (C=O) groups is 3. The molecule has 6 aliphatic heterocycles. The van der Waals surface area contributed by atoms with Crippen molar-refractivity contribution in [2.75, 3.05) is 14.2 Å². The molecule has 0 aromatic heterocycles. The number of hydrogen-bond acceptors (Lipinski definition) is 15. The highest BCUT2D eigenvalue weighted by Crippen LogP contribution is 2.52. The van der Waals surface area contributed by atoms with E-state index >= 15 is 13.2 Å². The lowest BCUT2D eigenvalue weighted by atomic mass is 9.78. The zero-order chi connectivity index (χ0) is 58.4. The molecular formula is C59H76F6O15. The molecule has 0 aliphatic carbocycles. The quantitative estimate of drug-likeness (QED) is 0.0565. The van der Waals surface area contributed by atoms with Gasteiger partial charge in [-0.1, -0.05) is 79.2 Å². The second-order valence-corrected chi connectivity index (χ2v) is 23.2. The lowest BCUT2D eigenvalue weighted by molar-refractivity contribution is -0.321. The van der Waals surface area contributed by atoms with Gasteiger partial charge in [0.1, 0.15) is 30.7 Å². The number of rotatable bonds is 15. The Hall–Kier alpha value is -4.29. The molecule has 0 unspecified atom stereocenters. The van der Waals surface area contributed by atoms with Crippen LogP contribution in [-0.4, -0.2) is 151 Å². The summed E-state index contributed by atoms with van der Waals surface area (Å²) < 4.78 is 153. The lowest BCUT2D eigenvalue weighted by Crippen LogP contribution is -2.66. The van der Waals surface area contributed by atoms with Crippen LogP contribution in [0.2, 0.25) is 0 Å². The maximum Gasteiger partial charge on any atom is 0.432 e. The van der Waals surface area contributed by atoms with Gasteiger partial charge in [-0.3, -0.25) is 4.79 Å². The maximum absolute atomic E-state index is 15.3. The molecule has 2 N–H and O–H groups in total. The molecule has 6 fully saturated rings. The van der Waals surface area contributed by atoms with Gasteiger partial charge in [0.15, 0.2) is 0 Å². The molecule has 6 aliphatic rings. The summed E-state index contributed by atoms with van der Waals surface area (Å²) in [6, 6.07) is 13.0. The van der Waals surface area contributed by atoms with Crippen molar-refractivity contribution in [2.24, 2.45) is 5.92 Å². The summed E-state index contributed by atoms with van der Waals surface area (Å²) >= 11 is 0. The first-order chi connectivity index (χ1) is 37.6. The fraction of sp³-hybridized carbons (Fsp3) is 0.678. The fourth-order valence-corrected chi connectivity index (χ4v) is 13.0. The number of methoxy groups -OCH3 is 2. The second kappa shape index (κ2) is 23.8. The molecule has 0 spiro atoms. The Kier molecular flexibility index (Phi) is 18.3. The number of carbonyl (C=O) groups excluding carboxylic acids is 3. The molecule has 444 valence electrons. The van der Waals surface area contributed by atoms with Crippen LogP contribution in [0.1, 0.15) is 124 Å². The molecule has 6 saturated heterocycles. The first-order valence-corrected chi connectivity index (χ1v) is 27.5. The summed E-state index contributed by atoms with van der Waals surface area (Å²) in [6.07, 6.45) is -16.5. The number of benzene rings is 2. The van der Waals surface area contributed by atoms with E-state index in [4.69, 9.17) is 47.4 Å². The van der Waals surface area contributed by atoms with E-state index in [9.17, 15) is 37.8 Å². The maximum atomic E-state index is 15.3. The van der Waals surface area contributed by atoms with Crippen molar-refractivity contribution in [3.8, 4) is 0 Å². The predicted molar refractivity (Wildman–Crippen MR) is 275 cm³/mol. The van der Waals surface area contributed by atoms with Crippen molar-refractivity contribution in [3.63, 3.8) is 0 Å². The van der Waals surface area contributed by atoms with Gasteiger partial charge in [0.25, 0.3) is 11.2 Å². The number of alkyl halides is 6. The normalized spacial score (nSPS) is 38.6. The summed E-state index contributed by atoms with van der Waals surface area (Å²) in [5, 5.41) is 23.9. The number of esters is 2. The summed E-state index contributed by atoms with van der Waals surface area (Å²) in [5.41, 5.74) is -9.78. The van der Waals surface area contributed by atoms with Gasteiger partial charge in [-0.05, 0) is 91.7 Å². The number of allylic oxidation sites excluding steroid dienone is 4. The predicted octanol–water partition coefficient (Wildman–Crippen LogP) is 9.16. The van der Waals surface area contributed by atoms with E-state index in [0.29, 0.717) is 32.0 Å². The van der Waals surface area contributed by atoms with Gasteiger partial charge in [-0.25, -0.2) is 9.59 Å². The number of aliphatic hydroxyl groups excluding tert-OH is 2. The van der Waals surface area contributed by atoms with E-state index in [1.165, 1.54) is 42.5 Å². The molecule has 19 atom stereocenters. The number of aliphatic hydroxyl groups is 2. The smallest absolute Gasteiger partial charge is 0.432 e. The minimum atomic E-state index is -5.25. The highest BCUT2D eigenvalue weighted by atomic mass is 19.4. The third-order valence-electron chi connectivity index (χ3n) is 18.0. The van der Waals surface area contributed by atoms with Gasteiger partial charge >= 0.3 is 24.3 Å². The Bertz CT molecular complexity index is 2550. The number of fused-ring (bicyclic) bond motifs is 4. The average Bonchev–Trinajstić information content (AvgIpc) is 3.69. The summed E-state index contributed by atoms with van der Waals surface area (Å²) in [7, 11) is 1.60. The van der Waals surface area contributed by atoms with Crippen molar-refractivity contribution < 1.29 is 98.3 Å². The molecule has 8 rings (SSSR count). The highest BCUT2D eigenvalue weighted by molar-refractivity contribution is 5.83. The third-order valence-corrected chi connectivity index (χ3v) is 18.0. The van der Waals surface area contributed by atoms with E-state index in [0.717, 1.165) is 49.6 Å². The Labute approximate surface area is 462 Å². The van der Waals surface area contributed by atoms with Gasteiger partial charge < -0.3 is 57.6 Å². The van der Waals surface area contributed by atoms with Crippen molar-refractivity contribution in [3.05, 3.63) is 95.1 Å². The first kappa shape index (κ1) is 61.8. The van der Waals surface area contributed by atoms with Crippen LogP contribution in [0.4, 0.5) is 26.3 Å². The average molecular weight is 1140 g/mol. The van der Waals surface area contributed by atoms with Crippen LogP contribution in [0.5, 0.6) is 0 Å². The minimum absolute atomic E-state index is 0.0338. The van der Waals surface area contributed by atoms with E-state index in [2.05, 4.69) is 0 Å². The highest BCUT2D eigenvalue weighted by Gasteiger charge is 2.67. The summed E-state index contributed by atoms with van der Waals surface area (Å²) in [4.78, 5) is 39.2. The topological polar surface area (TPSA) is 184 Å². The minimum Gasteiger partial charge on any atom is -0.457 e. The second-order valence-electron chi connectivity index (χ2n) is 23.2. The lowest BCUT2D eigenvalue weighted by Gasteiger charge is -2.55. The van der Waals surface area contributed by atoms with E-state index in [1.54, 1.807) is 41.5 Å². The van der Waals surface area contributed by atoms with Gasteiger partial charge in [0.2, 0.25) is 0 Å². The largest absolute Gasteiger partial charge is 0.457 e. The molecule has 0 saturated carbocycles. The molecule has 0 amide bonds. The van der Waals surface area contributed by atoms with E-state index in [-0.39, 0.29) is 38.5 Å². The SMILES string of the molecule is CO[C@](C(=O)O[C@H]1[C@H](C)[C@H](CC/C=C(C)/C(C)=C/C=O)O[C@@H]2C[C@@H]3O[C@](C)(C[C@H]4C[C@H](O)[C@@H]5O[C@@H]6C[C@H](OC(=O)[C@@](OC)(c7ccccc7)C(F)(F)F)[C@@H](C)O[C@@]6(C)CC[C@H]5O4)[C@@H](O)CC[C@@]3(C)O[C@@H]12)(c1ccccc1)C(F)(F)F. The van der Waals surface area contributed by atoms with Crippen LogP contribution >= 0.6 is 0 Å². The summed E-state index contributed by atoms with van der Waals surface area (Å²) in [5.74, 6) is -4.04. The Balaban J connectivity index is 0.992. The van der Waals surface area contributed by atoms with Crippen LogP contribution in [0.15, 0.2) is 84.0 Å². The molecule has 21 heteroatoms. The molecule has 80 heavy (non-hydrogen) atoms. The molecule has 2 aromatic rings. The van der Waals surface area contributed by atoms with Crippen molar-refractivity contribution >= 4 is 18.2 Å². The molecular weight excluding hydrogens is 1060 g/mol. The third kappa shape index (κ3) is 11.7. The molecule has 0 bridgehead atoms. The Morgan fingerprint density at radius 3 is 1.85 bits per heavy atom. The van der Waals surface area contributed by atoms with Crippen LogP contribution in [0.3, 0.4) is 0 Å². The molecule has 2 aromatic carbocycles. The molecule has 6 heterocycles. The van der Waals surface area contributed by atoms with Crippen molar-refractivity contribution in [1.29, 1.82) is 0 Å². The van der Waals surface area contributed by atoms with E-state index in [1.807, 2.05) is 13.0 Å². The number of ether oxygens (including phenoxy) is 10. The van der Waals surface area contributed by atoms with Crippen LogP contribution < -0.4 is 0 Å². The van der Waals surface area contributed by atoms with Crippen molar-refractivity contribution in [1.82, 2.24) is 0 Å². The monoisotopic (exact) mass is 1140 g/mol. The van der Waals surface area contributed by atoms with Gasteiger partial charge in [0.05, 0.1) is 71.7 Å². The Morgan fingerprint density at radius 1 is 0.700 bits per heavy atom. The standard InChI is InChI=1S/C59H76F6O15/c1-33(34(2)25-28-66)17-16-22-41-35(3)48(77-52(70)57(72-9,59(63,64)65)38-20-14-11-15-21-38)50-44(74-41)31-47-54(6,80-50)27-24-45(68)55(7,79-47)32-39-29-40(67)49-42(73-39)23-26-53(5)46(76-49)30-43(36(4)78-53)75-51(69)56(71-8,58(60,61)62)37-18-12-10-13-19-37/h10-15,17-21,25,28,35-36,39-50,67-68H,16,22-24,26-27,29-32H2,1-9H3/b33-17+,34-25+/t35-,36-,39-,40+,41+,42-,43+,44-,45+,46-,47+,48+,49+,50-,53+,54-,55-,56+,57+/m1/s1. The van der Waals surface area contributed by atoms with Crippen LogP contribution in [-0.2, 0) is 73.0 Å². The van der Waals surface area contributed by atoms with Gasteiger partial charge in [-0.15, -0.1) is 0 Å². The number of aldehydes is 1. The van der Waals surface area contributed by atoms with Gasteiger partial charge in [0, 0.05) is 56.9 Å². The van der Waals surface area contributed by atoms with E-state index < -0.39 is 149 Å². The fourth-order valence-electron chi connectivity index (χ4n) is 13.0. The van der Waals surface area contributed by atoms with Gasteiger partial charge in [-0.2, -0.15) is 26.3 Å². The first-order valence-electron chi connectivity index (χ1n) is 27.5. The molecule has 15 nitrogen and oxygen atoms in total. The Morgan fingerprint density at radius 2 is 1.27 bits per heavy atom. The number of halogens is 6.